The molecule has 1 saturated heterocycles. The zero-order valence-corrected chi connectivity index (χ0v) is 11.0. The van der Waals surface area contributed by atoms with Gasteiger partial charge in [-0.25, -0.2) is 0 Å². The van der Waals surface area contributed by atoms with Crippen molar-refractivity contribution in [2.24, 2.45) is 5.92 Å². The van der Waals surface area contributed by atoms with E-state index in [2.05, 4.69) is 11.4 Å². The first kappa shape index (κ1) is 11.5. The van der Waals surface area contributed by atoms with Crippen molar-refractivity contribution in [1.29, 1.82) is 0 Å². The summed E-state index contributed by atoms with van der Waals surface area (Å²) < 4.78 is 0. The number of carbonyl (C=O) groups excluding carboxylic acids is 1. The summed E-state index contributed by atoms with van der Waals surface area (Å²) >= 11 is 0. The van der Waals surface area contributed by atoms with Crippen LogP contribution in [0.3, 0.4) is 0 Å². The van der Waals surface area contributed by atoms with E-state index in [0.717, 1.165) is 32.2 Å². The number of nitrogens with one attached hydrogen (secondary N) is 1. The number of phenols is 1. The van der Waals surface area contributed by atoms with E-state index in [1.54, 1.807) is 6.07 Å². The van der Waals surface area contributed by atoms with Crippen LogP contribution in [0.15, 0.2) is 18.2 Å². The summed E-state index contributed by atoms with van der Waals surface area (Å²) in [6.07, 6.45) is 4.52. The van der Waals surface area contributed by atoms with E-state index < -0.39 is 0 Å². The van der Waals surface area contributed by atoms with Crippen LogP contribution in [0, 0.1) is 5.92 Å². The maximum Gasteiger partial charge on any atom is 0.133 e. The van der Waals surface area contributed by atoms with Gasteiger partial charge in [0.15, 0.2) is 0 Å². The Bertz CT molecular complexity index is 554. The number of hydrogen-bond acceptors (Lipinski definition) is 3. The molecule has 1 heterocycles. The average molecular weight is 257 g/mol. The topological polar surface area (TPSA) is 49.3 Å². The standard InChI is InChI=1S/C16H19NO2/c18-11-1-3-13-10(7-11)8-15-14-4-2-12(19)9-16(13,14)5-6-17-15/h1,3,7,14-15,17-18H,2,4-6,8-9H2/t14-,15+,16+/m0/s1. The summed E-state index contributed by atoms with van der Waals surface area (Å²) in [7, 11) is 0. The van der Waals surface area contributed by atoms with Gasteiger partial charge in [0.2, 0.25) is 0 Å². The fraction of sp³-hybridized carbons (Fsp3) is 0.562. The van der Waals surface area contributed by atoms with Crippen LogP contribution in [0.4, 0.5) is 0 Å². The SMILES string of the molecule is O=C1CC[C@H]2[C@H]3Cc4cc(O)ccc4[C@@]2(CCN3)C1. The Kier molecular flexibility index (Phi) is 2.31. The Labute approximate surface area is 113 Å². The van der Waals surface area contributed by atoms with Crippen molar-refractivity contribution in [3.63, 3.8) is 0 Å². The van der Waals surface area contributed by atoms with Crippen molar-refractivity contribution in [3.8, 4) is 5.75 Å². The van der Waals surface area contributed by atoms with Crippen LogP contribution in [-0.2, 0) is 16.6 Å². The molecule has 0 spiro atoms. The van der Waals surface area contributed by atoms with E-state index in [1.165, 1.54) is 11.1 Å². The third kappa shape index (κ3) is 1.51. The molecule has 0 unspecified atom stereocenters. The quantitative estimate of drug-likeness (QED) is 0.746. The van der Waals surface area contributed by atoms with Gasteiger partial charge >= 0.3 is 0 Å². The predicted octanol–water partition coefficient (Wildman–Crippen LogP) is 1.92. The second kappa shape index (κ2) is 3.83. The van der Waals surface area contributed by atoms with Crippen molar-refractivity contribution in [3.05, 3.63) is 29.3 Å². The van der Waals surface area contributed by atoms with Gasteiger partial charge < -0.3 is 10.4 Å². The minimum atomic E-state index is 0.0481. The summed E-state index contributed by atoms with van der Waals surface area (Å²) in [5.41, 5.74) is 2.62. The summed E-state index contributed by atoms with van der Waals surface area (Å²) in [6.45, 7) is 1.01. The van der Waals surface area contributed by atoms with Gasteiger partial charge in [0.25, 0.3) is 0 Å². The number of aromatic hydroxyl groups is 1. The van der Waals surface area contributed by atoms with Crippen molar-refractivity contribution >= 4 is 5.78 Å². The van der Waals surface area contributed by atoms with Crippen LogP contribution >= 0.6 is 0 Å². The minimum absolute atomic E-state index is 0.0481. The lowest BCUT2D eigenvalue weighted by Crippen LogP contribution is -2.60. The predicted molar refractivity (Wildman–Crippen MR) is 72.2 cm³/mol. The Morgan fingerprint density at radius 1 is 1.37 bits per heavy atom. The molecule has 1 aromatic carbocycles. The van der Waals surface area contributed by atoms with Crippen molar-refractivity contribution < 1.29 is 9.90 Å². The minimum Gasteiger partial charge on any atom is -0.508 e. The lowest BCUT2D eigenvalue weighted by Gasteiger charge is -2.55. The van der Waals surface area contributed by atoms with Crippen LogP contribution in [0.1, 0.15) is 36.8 Å². The Morgan fingerprint density at radius 3 is 3.16 bits per heavy atom. The summed E-state index contributed by atoms with van der Waals surface area (Å²) in [6, 6.07) is 6.23. The molecule has 3 atom stereocenters. The molecule has 3 nitrogen and oxygen atoms in total. The smallest absolute Gasteiger partial charge is 0.133 e. The van der Waals surface area contributed by atoms with Gasteiger partial charge in [0.1, 0.15) is 11.5 Å². The molecule has 2 fully saturated rings. The molecule has 1 saturated carbocycles. The lowest BCUT2D eigenvalue weighted by molar-refractivity contribution is -0.125. The molecule has 4 rings (SSSR count). The third-order valence-corrected chi connectivity index (χ3v) is 5.48. The number of phenolic OH excluding ortho intramolecular Hbond substituents is 1. The number of fused-ring (bicyclic) bond motifs is 1. The molecule has 19 heavy (non-hydrogen) atoms. The molecular formula is C16H19NO2. The van der Waals surface area contributed by atoms with Crippen LogP contribution < -0.4 is 5.32 Å². The van der Waals surface area contributed by atoms with Gasteiger partial charge in [-0.2, -0.15) is 0 Å². The molecular weight excluding hydrogens is 238 g/mol. The molecule has 3 heteroatoms. The first-order chi connectivity index (χ1) is 9.19. The summed E-state index contributed by atoms with van der Waals surface area (Å²) in [5, 5.41) is 13.3. The van der Waals surface area contributed by atoms with E-state index >= 15 is 0 Å². The van der Waals surface area contributed by atoms with Gasteiger partial charge in [-0.3, -0.25) is 4.79 Å². The molecule has 3 aliphatic rings. The van der Waals surface area contributed by atoms with Gasteiger partial charge in [0, 0.05) is 24.3 Å². The zero-order valence-electron chi connectivity index (χ0n) is 11.0. The molecule has 2 N–H and O–H groups in total. The van der Waals surface area contributed by atoms with E-state index in [-0.39, 0.29) is 5.41 Å². The van der Waals surface area contributed by atoms with Crippen LogP contribution in [0.2, 0.25) is 0 Å². The molecule has 0 radical (unpaired) electrons. The fourth-order valence-corrected chi connectivity index (χ4v) is 4.76. The highest BCUT2D eigenvalue weighted by Gasteiger charge is 2.53. The van der Waals surface area contributed by atoms with Crippen molar-refractivity contribution in [2.75, 3.05) is 6.54 Å². The normalized spacial score (nSPS) is 36.5. The summed E-state index contributed by atoms with van der Waals surface area (Å²) in [4.78, 5) is 12.0. The number of piperidine rings is 1. The van der Waals surface area contributed by atoms with Crippen LogP contribution in [0.25, 0.3) is 0 Å². The van der Waals surface area contributed by atoms with Gasteiger partial charge in [-0.1, -0.05) is 6.07 Å². The molecule has 2 aliphatic carbocycles. The second-order valence-electron chi connectivity index (χ2n) is 6.37. The average Bonchev–Trinajstić information content (AvgIpc) is 2.37. The molecule has 0 aromatic heterocycles. The second-order valence-corrected chi connectivity index (χ2v) is 6.37. The molecule has 1 aliphatic heterocycles. The number of benzene rings is 1. The lowest BCUT2D eigenvalue weighted by atomic mass is 9.52. The first-order valence-corrected chi connectivity index (χ1v) is 7.26. The Balaban J connectivity index is 1.91. The van der Waals surface area contributed by atoms with E-state index in [0.29, 0.717) is 29.9 Å². The highest BCUT2D eigenvalue weighted by atomic mass is 16.3. The highest BCUT2D eigenvalue weighted by Crippen LogP contribution is 2.53. The molecule has 1 aromatic rings. The van der Waals surface area contributed by atoms with Gasteiger partial charge in [-0.15, -0.1) is 0 Å². The zero-order chi connectivity index (χ0) is 13.0. The van der Waals surface area contributed by atoms with Gasteiger partial charge in [0.05, 0.1) is 0 Å². The molecule has 2 bridgehead atoms. The highest BCUT2D eigenvalue weighted by molar-refractivity contribution is 5.81. The van der Waals surface area contributed by atoms with Crippen molar-refractivity contribution in [1.82, 2.24) is 5.32 Å². The number of Topliss-reactive ketones (excluding diaryl/α,β-unsaturated/α-hetero) is 1. The van der Waals surface area contributed by atoms with Crippen LogP contribution in [-0.4, -0.2) is 23.5 Å². The first-order valence-electron chi connectivity index (χ1n) is 7.26. The van der Waals surface area contributed by atoms with E-state index in [1.807, 2.05) is 6.07 Å². The summed E-state index contributed by atoms with van der Waals surface area (Å²) in [5.74, 6) is 1.35. The maximum atomic E-state index is 12.0. The maximum absolute atomic E-state index is 12.0. The van der Waals surface area contributed by atoms with Crippen molar-refractivity contribution in [2.45, 2.75) is 43.6 Å². The van der Waals surface area contributed by atoms with Gasteiger partial charge in [-0.05, 0) is 55.0 Å². The number of ketones is 1. The molecule has 100 valence electrons. The number of rotatable bonds is 0. The largest absolute Gasteiger partial charge is 0.508 e. The Morgan fingerprint density at radius 2 is 2.26 bits per heavy atom. The number of hydrogen-bond donors (Lipinski definition) is 2. The monoisotopic (exact) mass is 257 g/mol. The fourth-order valence-electron chi connectivity index (χ4n) is 4.76. The Hall–Kier alpha value is -1.35. The molecule has 0 amide bonds. The number of carbonyl (C=O) groups is 1. The van der Waals surface area contributed by atoms with E-state index in [9.17, 15) is 9.90 Å². The van der Waals surface area contributed by atoms with E-state index in [4.69, 9.17) is 0 Å². The third-order valence-electron chi connectivity index (χ3n) is 5.48. The van der Waals surface area contributed by atoms with Crippen LogP contribution in [0.5, 0.6) is 5.75 Å².